The maximum Gasteiger partial charge on any atom is 0.238 e. The van der Waals surface area contributed by atoms with E-state index in [0.717, 1.165) is 0 Å². The summed E-state index contributed by atoms with van der Waals surface area (Å²) < 4.78 is 15.0. The lowest BCUT2D eigenvalue weighted by molar-refractivity contribution is 0.0833. The molecular weight excluding hydrogens is 696 g/mol. The predicted octanol–water partition coefficient (Wildman–Crippen LogP) is 2.06. The van der Waals surface area contributed by atoms with Crippen LogP contribution >= 0.6 is 0 Å². The van der Waals surface area contributed by atoms with Crippen LogP contribution in [0.1, 0.15) is 103 Å². The van der Waals surface area contributed by atoms with Crippen molar-refractivity contribution >= 4 is 34.0 Å². The van der Waals surface area contributed by atoms with E-state index in [4.69, 9.17) is 28.8 Å². The molecule has 0 radical (unpaired) electrons. The number of rotatable bonds is 10. The molecule has 2 atom stereocenters. The van der Waals surface area contributed by atoms with Gasteiger partial charge in [0.1, 0.15) is 24.7 Å². The smallest absolute Gasteiger partial charge is 0.238 e. The second-order valence-corrected chi connectivity index (χ2v) is 16.9. The first kappa shape index (κ1) is 35.8. The SMILES string of the molecule is Cc1nnc(Cn2nnc3c(N4CC[C@](C)(O)C4)nc(C(C)(C)CCc4nnc(Cn5nnc6c(N7CC[C@@](C)(O)C7)nc(C(C)(C)C)nc65)o4)nc32)o1. The summed E-state index contributed by atoms with van der Waals surface area (Å²) in [7, 11) is 0. The summed E-state index contributed by atoms with van der Waals surface area (Å²) in [5.74, 6) is 4.17. The Balaban J connectivity index is 1.04. The number of fused-ring (bicyclic) bond motifs is 2. The van der Waals surface area contributed by atoms with Crippen molar-refractivity contribution in [3.05, 3.63) is 35.2 Å². The minimum atomic E-state index is -0.849. The van der Waals surface area contributed by atoms with Gasteiger partial charge in [0.25, 0.3) is 0 Å². The molecule has 2 N–H and O–H groups in total. The first-order valence-corrected chi connectivity index (χ1v) is 18.2. The number of aliphatic hydroxyl groups is 2. The monoisotopic (exact) mass is 742 g/mol. The summed E-state index contributed by atoms with van der Waals surface area (Å²) in [6.45, 7) is 18.2. The van der Waals surface area contributed by atoms with E-state index in [2.05, 4.69) is 75.6 Å². The van der Waals surface area contributed by atoms with Crippen molar-refractivity contribution in [1.29, 1.82) is 0 Å². The standard InChI is InChI=1S/C34H46N16O4/c1-19-39-41-21(53-19)15-49-28-24(44-45-49)26(48-14-12-34(8,52)18-48)36-30(38-28)32(5,6)10-9-20-40-42-22(54-20)16-50-27-23(43-46-50)25(35-29(37-27)31(2,3)4)47-13-11-33(7,51)17-47/h51-52H,9-18H2,1-8H3/t33-,34+/m1/s1. The molecule has 8 rings (SSSR count). The van der Waals surface area contributed by atoms with Crippen molar-refractivity contribution in [2.45, 2.75) is 116 Å². The number of β-amino-alcohol motifs (C(OH)–C–C–N with tert-alkyl or cyclic N) is 2. The molecule has 6 aromatic heterocycles. The maximum absolute atomic E-state index is 10.8. The van der Waals surface area contributed by atoms with Crippen LogP contribution < -0.4 is 9.80 Å². The van der Waals surface area contributed by atoms with Crippen LogP contribution in [-0.2, 0) is 30.3 Å². The van der Waals surface area contributed by atoms with Gasteiger partial charge < -0.3 is 28.8 Å². The number of aromatic nitrogens is 14. The van der Waals surface area contributed by atoms with Gasteiger partial charge in [-0.25, -0.2) is 29.3 Å². The Morgan fingerprint density at radius 2 is 1.15 bits per heavy atom. The molecule has 20 heteroatoms. The number of hydrogen-bond acceptors (Lipinski definition) is 18. The highest BCUT2D eigenvalue weighted by Gasteiger charge is 2.37. The minimum absolute atomic E-state index is 0.171. The largest absolute Gasteiger partial charge is 0.424 e. The molecular formula is C34H46N16O4. The Kier molecular flexibility index (Phi) is 8.40. The lowest BCUT2D eigenvalue weighted by atomic mass is 9.86. The summed E-state index contributed by atoms with van der Waals surface area (Å²) in [5, 5.41) is 55.9. The van der Waals surface area contributed by atoms with Gasteiger partial charge in [-0.3, -0.25) is 0 Å². The molecule has 54 heavy (non-hydrogen) atoms. The average molecular weight is 743 g/mol. The van der Waals surface area contributed by atoms with Crippen molar-refractivity contribution < 1.29 is 19.0 Å². The van der Waals surface area contributed by atoms with Crippen LogP contribution in [0.2, 0.25) is 0 Å². The highest BCUT2D eigenvalue weighted by Crippen LogP contribution is 2.35. The van der Waals surface area contributed by atoms with Crippen molar-refractivity contribution in [3.8, 4) is 0 Å². The van der Waals surface area contributed by atoms with Crippen LogP contribution in [0.5, 0.6) is 0 Å². The van der Waals surface area contributed by atoms with E-state index in [1.165, 1.54) is 0 Å². The molecule has 6 aromatic rings. The van der Waals surface area contributed by atoms with Gasteiger partial charge in [0.15, 0.2) is 34.0 Å². The van der Waals surface area contributed by atoms with Crippen molar-refractivity contribution in [2.24, 2.45) is 0 Å². The van der Waals surface area contributed by atoms with Gasteiger partial charge in [-0.1, -0.05) is 45.0 Å². The second kappa shape index (κ2) is 12.7. The molecule has 286 valence electrons. The zero-order chi connectivity index (χ0) is 38.2. The van der Waals surface area contributed by atoms with Gasteiger partial charge >= 0.3 is 0 Å². The molecule has 2 fully saturated rings. The Morgan fingerprint density at radius 3 is 1.65 bits per heavy atom. The van der Waals surface area contributed by atoms with Gasteiger partial charge in [0.05, 0.1) is 11.2 Å². The summed E-state index contributed by atoms with van der Waals surface area (Å²) in [6.07, 6.45) is 2.27. The van der Waals surface area contributed by atoms with E-state index < -0.39 is 16.6 Å². The summed E-state index contributed by atoms with van der Waals surface area (Å²) in [5.41, 5.74) is -0.365. The molecule has 0 amide bonds. The normalized spacial score (nSPS) is 21.1. The van der Waals surface area contributed by atoms with Gasteiger partial charge in [0.2, 0.25) is 23.6 Å². The third kappa shape index (κ3) is 6.94. The summed E-state index contributed by atoms with van der Waals surface area (Å²) in [6, 6.07) is 0. The van der Waals surface area contributed by atoms with Crippen LogP contribution in [0.15, 0.2) is 8.83 Å². The molecule has 0 unspecified atom stereocenters. The molecule has 20 nitrogen and oxygen atoms in total. The molecule has 0 aromatic carbocycles. The first-order valence-electron chi connectivity index (χ1n) is 18.2. The first-order chi connectivity index (χ1) is 25.4. The Morgan fingerprint density at radius 1 is 0.648 bits per heavy atom. The van der Waals surface area contributed by atoms with E-state index >= 15 is 0 Å². The van der Waals surface area contributed by atoms with E-state index in [1.807, 2.05) is 23.6 Å². The van der Waals surface area contributed by atoms with Crippen LogP contribution in [0.25, 0.3) is 22.3 Å². The van der Waals surface area contributed by atoms with Gasteiger partial charge in [-0.15, -0.1) is 30.6 Å². The molecule has 2 saturated heterocycles. The fourth-order valence-corrected chi connectivity index (χ4v) is 6.87. The zero-order valence-electron chi connectivity index (χ0n) is 31.9. The molecule has 2 aliphatic heterocycles. The van der Waals surface area contributed by atoms with Crippen molar-refractivity contribution in [1.82, 2.24) is 70.3 Å². The average Bonchev–Trinajstić information content (AvgIpc) is 3.96. The third-order valence-electron chi connectivity index (χ3n) is 10.1. The fourth-order valence-electron chi connectivity index (χ4n) is 6.87. The zero-order valence-corrected chi connectivity index (χ0v) is 31.9. The third-order valence-corrected chi connectivity index (χ3v) is 10.1. The van der Waals surface area contributed by atoms with Crippen LogP contribution in [0.3, 0.4) is 0 Å². The van der Waals surface area contributed by atoms with E-state index in [0.29, 0.717) is 121 Å². The van der Waals surface area contributed by atoms with Crippen LogP contribution in [0.4, 0.5) is 11.6 Å². The quantitative estimate of drug-likeness (QED) is 0.204. The highest BCUT2D eigenvalue weighted by molar-refractivity contribution is 5.84. The number of aryl methyl sites for hydroxylation is 2. The molecule has 8 heterocycles. The fraction of sp³-hybridized carbons (Fsp3) is 0.647. The summed E-state index contributed by atoms with van der Waals surface area (Å²) in [4.78, 5) is 23.8. The van der Waals surface area contributed by atoms with E-state index in [9.17, 15) is 10.2 Å². The Bertz CT molecular complexity index is 2330. The maximum atomic E-state index is 10.8. The van der Waals surface area contributed by atoms with E-state index in [-0.39, 0.29) is 18.5 Å². The minimum Gasteiger partial charge on any atom is -0.424 e. The Labute approximate surface area is 310 Å². The second-order valence-electron chi connectivity index (χ2n) is 16.9. The molecule has 0 aliphatic carbocycles. The Hall–Kier alpha value is -5.24. The lowest BCUT2D eigenvalue weighted by Gasteiger charge is -2.25. The molecule has 0 bridgehead atoms. The number of anilines is 2. The van der Waals surface area contributed by atoms with Gasteiger partial charge in [-0.05, 0) is 33.1 Å². The van der Waals surface area contributed by atoms with Gasteiger partial charge in [0, 0.05) is 50.4 Å². The molecule has 0 saturated carbocycles. The van der Waals surface area contributed by atoms with E-state index in [1.54, 1.807) is 16.3 Å². The highest BCUT2D eigenvalue weighted by atomic mass is 16.4. The van der Waals surface area contributed by atoms with Gasteiger partial charge in [-0.2, -0.15) is 0 Å². The predicted molar refractivity (Wildman–Crippen MR) is 193 cm³/mol. The lowest BCUT2D eigenvalue weighted by Crippen LogP contribution is -2.31. The van der Waals surface area contributed by atoms with Crippen molar-refractivity contribution in [3.63, 3.8) is 0 Å². The number of nitrogens with zero attached hydrogens (tertiary/aromatic N) is 16. The molecule has 0 spiro atoms. The topological polar surface area (TPSA) is 238 Å². The molecule has 2 aliphatic rings. The van der Waals surface area contributed by atoms with Crippen LogP contribution in [0, 0.1) is 6.92 Å². The number of hydrogen-bond donors (Lipinski definition) is 2. The van der Waals surface area contributed by atoms with Crippen molar-refractivity contribution in [2.75, 3.05) is 36.0 Å². The van der Waals surface area contributed by atoms with Crippen LogP contribution in [-0.4, -0.2) is 118 Å². The summed E-state index contributed by atoms with van der Waals surface area (Å²) >= 11 is 0.